The molecule has 0 spiro atoms. The van der Waals surface area contributed by atoms with E-state index in [1.54, 1.807) is 48.1 Å². The molecule has 0 saturated heterocycles. The first-order chi connectivity index (χ1) is 20.9. The van der Waals surface area contributed by atoms with Gasteiger partial charge in [-0.2, -0.15) is 0 Å². The SMILES string of the molecule is CCCCN(CC(=O)N1c2ccccc2-n2cccc2C1c1ccc(OC)cc1)C(=O)Nc1ccc(C(=O)OCC)cc1. The van der Waals surface area contributed by atoms with E-state index < -0.39 is 12.0 Å². The zero-order valence-electron chi connectivity index (χ0n) is 24.7. The molecule has 9 heteroatoms. The summed E-state index contributed by atoms with van der Waals surface area (Å²) in [5.41, 5.74) is 4.45. The molecule has 0 bridgehead atoms. The second kappa shape index (κ2) is 13.3. The fourth-order valence-corrected chi connectivity index (χ4v) is 5.31. The molecule has 1 unspecified atom stereocenters. The lowest BCUT2D eigenvalue weighted by molar-refractivity contribution is -0.119. The highest BCUT2D eigenvalue weighted by molar-refractivity contribution is 6.01. The molecule has 1 N–H and O–H groups in total. The molecule has 9 nitrogen and oxygen atoms in total. The molecule has 5 rings (SSSR count). The van der Waals surface area contributed by atoms with Crippen molar-refractivity contribution in [2.75, 3.05) is 37.0 Å². The summed E-state index contributed by atoms with van der Waals surface area (Å²) in [6, 6.07) is 25.2. The van der Waals surface area contributed by atoms with Gasteiger partial charge >= 0.3 is 12.0 Å². The van der Waals surface area contributed by atoms with Gasteiger partial charge in [-0.1, -0.05) is 37.6 Å². The zero-order valence-corrected chi connectivity index (χ0v) is 24.7. The van der Waals surface area contributed by atoms with Crippen LogP contribution >= 0.6 is 0 Å². The molecular weight excluding hydrogens is 544 g/mol. The first-order valence-corrected chi connectivity index (χ1v) is 14.5. The summed E-state index contributed by atoms with van der Waals surface area (Å²) < 4.78 is 12.5. The standard InChI is InChI=1S/C34H36N4O5/c1-4-6-21-36(34(41)35-26-17-13-25(14-18-26)33(40)43-5-2)23-31(39)38-29-11-8-7-10-28(29)37-22-9-12-30(37)32(38)24-15-19-27(42-3)20-16-24/h7-20,22,32H,4-6,21,23H2,1-3H3,(H,35,41). The van der Waals surface area contributed by atoms with Gasteiger partial charge in [-0.05, 0) is 79.6 Å². The van der Waals surface area contributed by atoms with Crippen LogP contribution in [0.2, 0.25) is 0 Å². The minimum absolute atomic E-state index is 0.117. The van der Waals surface area contributed by atoms with Gasteiger partial charge in [0.05, 0.1) is 36.3 Å². The molecule has 0 aliphatic carbocycles. The van der Waals surface area contributed by atoms with Gasteiger partial charge in [0, 0.05) is 18.4 Å². The highest BCUT2D eigenvalue weighted by atomic mass is 16.5. The maximum absolute atomic E-state index is 14.3. The predicted octanol–water partition coefficient (Wildman–Crippen LogP) is 6.43. The third kappa shape index (κ3) is 6.25. The number of anilines is 2. The number of aromatic nitrogens is 1. The van der Waals surface area contributed by atoms with Crippen molar-refractivity contribution >= 4 is 29.3 Å². The molecule has 1 aliphatic rings. The van der Waals surface area contributed by atoms with Crippen LogP contribution in [0.4, 0.5) is 16.2 Å². The van der Waals surface area contributed by atoms with Gasteiger partial charge in [-0.15, -0.1) is 0 Å². The molecule has 2 heterocycles. The van der Waals surface area contributed by atoms with E-state index in [-0.39, 0.29) is 25.1 Å². The van der Waals surface area contributed by atoms with Gasteiger partial charge in [0.1, 0.15) is 18.3 Å². The molecule has 3 amide bonds. The Morgan fingerprint density at radius 3 is 2.28 bits per heavy atom. The van der Waals surface area contributed by atoms with Crippen molar-refractivity contribution in [2.24, 2.45) is 0 Å². The van der Waals surface area contributed by atoms with Crippen molar-refractivity contribution in [1.82, 2.24) is 9.47 Å². The van der Waals surface area contributed by atoms with Crippen LogP contribution in [-0.4, -0.2) is 54.2 Å². The number of ether oxygens (including phenoxy) is 2. The fourth-order valence-electron chi connectivity index (χ4n) is 5.31. The van der Waals surface area contributed by atoms with Crippen LogP contribution < -0.4 is 15.0 Å². The Labute approximate surface area is 251 Å². The van der Waals surface area contributed by atoms with Crippen LogP contribution in [0.1, 0.15) is 54.3 Å². The van der Waals surface area contributed by atoms with Gasteiger partial charge in [-0.3, -0.25) is 9.69 Å². The number of unbranched alkanes of at least 4 members (excludes halogenated alkanes) is 1. The number of hydrogen-bond acceptors (Lipinski definition) is 5. The number of hydrogen-bond donors (Lipinski definition) is 1. The van der Waals surface area contributed by atoms with Crippen LogP contribution in [0.15, 0.2) is 91.1 Å². The lowest BCUT2D eigenvalue weighted by Gasteiger charge is -2.39. The van der Waals surface area contributed by atoms with Crippen molar-refractivity contribution in [1.29, 1.82) is 0 Å². The Balaban J connectivity index is 1.44. The number of nitrogens with zero attached hydrogens (tertiary/aromatic N) is 3. The number of methoxy groups -OCH3 is 1. The molecule has 4 aromatic rings. The summed E-state index contributed by atoms with van der Waals surface area (Å²) in [5, 5.41) is 2.89. The van der Waals surface area contributed by atoms with E-state index in [1.165, 1.54) is 0 Å². The summed E-state index contributed by atoms with van der Waals surface area (Å²) in [6.07, 6.45) is 3.60. The number of rotatable bonds is 10. The average molecular weight is 581 g/mol. The smallest absolute Gasteiger partial charge is 0.338 e. The lowest BCUT2D eigenvalue weighted by Crippen LogP contribution is -2.48. The Bertz CT molecular complexity index is 1580. The van der Waals surface area contributed by atoms with Gasteiger partial charge in [0.25, 0.3) is 0 Å². The number of urea groups is 1. The third-order valence-electron chi connectivity index (χ3n) is 7.46. The van der Waals surface area contributed by atoms with Crippen LogP contribution in [-0.2, 0) is 9.53 Å². The van der Waals surface area contributed by atoms with Crippen LogP contribution in [0.25, 0.3) is 5.69 Å². The molecule has 1 atom stereocenters. The number of fused-ring (bicyclic) bond motifs is 3. The maximum atomic E-state index is 14.3. The normalized spacial score (nSPS) is 13.5. The quantitative estimate of drug-likeness (QED) is 0.218. The summed E-state index contributed by atoms with van der Waals surface area (Å²) in [6.45, 7) is 4.37. The second-order valence-corrected chi connectivity index (χ2v) is 10.2. The molecule has 1 aliphatic heterocycles. The topological polar surface area (TPSA) is 93.1 Å². The van der Waals surface area contributed by atoms with E-state index in [1.807, 2.05) is 73.8 Å². The second-order valence-electron chi connectivity index (χ2n) is 10.2. The van der Waals surface area contributed by atoms with E-state index in [0.29, 0.717) is 17.8 Å². The summed E-state index contributed by atoms with van der Waals surface area (Å²) in [4.78, 5) is 43.2. The number of nitrogens with one attached hydrogen (secondary N) is 1. The minimum atomic E-state index is -0.421. The van der Waals surface area contributed by atoms with E-state index in [4.69, 9.17) is 9.47 Å². The predicted molar refractivity (Wildman–Crippen MR) is 166 cm³/mol. The maximum Gasteiger partial charge on any atom is 0.338 e. The monoisotopic (exact) mass is 580 g/mol. The summed E-state index contributed by atoms with van der Waals surface area (Å²) in [5.74, 6) is 0.102. The van der Waals surface area contributed by atoms with E-state index in [9.17, 15) is 14.4 Å². The molecule has 1 aromatic heterocycles. The first-order valence-electron chi connectivity index (χ1n) is 14.5. The number of para-hydroxylation sites is 2. The van der Waals surface area contributed by atoms with Crippen LogP contribution in [0.3, 0.4) is 0 Å². The molecule has 3 aromatic carbocycles. The third-order valence-corrected chi connectivity index (χ3v) is 7.46. The Morgan fingerprint density at radius 2 is 1.60 bits per heavy atom. The molecular formula is C34H36N4O5. The van der Waals surface area contributed by atoms with Gasteiger partial charge < -0.3 is 24.3 Å². The highest BCUT2D eigenvalue weighted by Gasteiger charge is 2.37. The summed E-state index contributed by atoms with van der Waals surface area (Å²) in [7, 11) is 1.62. The fraction of sp³-hybridized carbons (Fsp3) is 0.265. The van der Waals surface area contributed by atoms with Crippen molar-refractivity contribution in [2.45, 2.75) is 32.7 Å². The molecule has 43 heavy (non-hydrogen) atoms. The minimum Gasteiger partial charge on any atom is -0.497 e. The van der Waals surface area contributed by atoms with Crippen molar-refractivity contribution < 1.29 is 23.9 Å². The van der Waals surface area contributed by atoms with Gasteiger partial charge in [0.2, 0.25) is 5.91 Å². The number of carbonyl (C=O) groups is 3. The zero-order chi connectivity index (χ0) is 30.3. The number of amides is 3. The Hall–Kier alpha value is -5.05. The molecule has 0 saturated carbocycles. The number of benzene rings is 3. The Kier molecular flexibility index (Phi) is 9.10. The molecule has 222 valence electrons. The first kappa shape index (κ1) is 29.4. The summed E-state index contributed by atoms with van der Waals surface area (Å²) >= 11 is 0. The Morgan fingerprint density at radius 1 is 0.884 bits per heavy atom. The van der Waals surface area contributed by atoms with E-state index in [2.05, 4.69) is 9.88 Å². The van der Waals surface area contributed by atoms with E-state index >= 15 is 0 Å². The van der Waals surface area contributed by atoms with Crippen LogP contribution in [0, 0.1) is 0 Å². The molecule has 0 radical (unpaired) electrons. The van der Waals surface area contributed by atoms with Crippen molar-refractivity contribution in [3.05, 3.63) is 108 Å². The van der Waals surface area contributed by atoms with Gasteiger partial charge in [-0.25, -0.2) is 9.59 Å². The number of esters is 1. The van der Waals surface area contributed by atoms with E-state index in [0.717, 1.165) is 41.2 Å². The average Bonchev–Trinajstić information content (AvgIpc) is 3.53. The number of carbonyl (C=O) groups excluding carboxylic acids is 3. The van der Waals surface area contributed by atoms with Crippen LogP contribution in [0.5, 0.6) is 5.75 Å². The largest absolute Gasteiger partial charge is 0.497 e. The highest BCUT2D eigenvalue weighted by Crippen LogP contribution is 2.42. The van der Waals surface area contributed by atoms with Crippen molar-refractivity contribution in [3.63, 3.8) is 0 Å². The lowest BCUT2D eigenvalue weighted by atomic mass is 9.97. The molecule has 0 fully saturated rings. The van der Waals surface area contributed by atoms with Crippen molar-refractivity contribution in [3.8, 4) is 11.4 Å². The van der Waals surface area contributed by atoms with Gasteiger partial charge in [0.15, 0.2) is 0 Å².